The van der Waals surface area contributed by atoms with Gasteiger partial charge in [0, 0.05) is 12.1 Å². The summed E-state index contributed by atoms with van der Waals surface area (Å²) in [6.07, 6.45) is -0.631. The average Bonchev–Trinajstić information content (AvgIpc) is 2.45. The summed E-state index contributed by atoms with van der Waals surface area (Å²) in [6.45, 7) is 8.78. The zero-order valence-electron chi connectivity index (χ0n) is 14.9. The number of nitrogens with one attached hydrogen (secondary N) is 1. The van der Waals surface area contributed by atoms with Crippen LogP contribution in [-0.2, 0) is 16.1 Å². The molecule has 1 amide bonds. The van der Waals surface area contributed by atoms with Gasteiger partial charge in [0.05, 0.1) is 25.4 Å². The van der Waals surface area contributed by atoms with Crippen molar-refractivity contribution in [1.82, 2.24) is 10.2 Å². The van der Waals surface area contributed by atoms with E-state index in [4.69, 9.17) is 4.74 Å². The first-order chi connectivity index (χ1) is 10.7. The number of likely N-dealkylation sites (N-methyl/N-ethyl adjacent to an activating group) is 1. The third kappa shape index (κ3) is 8.11. The lowest BCUT2D eigenvalue weighted by Gasteiger charge is -2.29. The number of hydrogen-bond donors (Lipinski definition) is 2. The van der Waals surface area contributed by atoms with E-state index in [9.17, 15) is 9.90 Å². The van der Waals surface area contributed by atoms with Gasteiger partial charge in [0.2, 0.25) is 5.91 Å². The van der Waals surface area contributed by atoms with Crippen LogP contribution in [0.15, 0.2) is 30.3 Å². The summed E-state index contributed by atoms with van der Waals surface area (Å²) >= 11 is 0. The molecular formula is C18H30N2O3. The maximum atomic E-state index is 12.1. The first-order valence-corrected chi connectivity index (χ1v) is 8.01. The minimum atomic E-state index is -0.631. The molecule has 130 valence electrons. The molecule has 0 spiro atoms. The second-order valence-electron chi connectivity index (χ2n) is 7.01. The highest BCUT2D eigenvalue weighted by Crippen LogP contribution is 2.05. The molecule has 0 aromatic heterocycles. The van der Waals surface area contributed by atoms with Gasteiger partial charge in [-0.1, -0.05) is 30.3 Å². The molecule has 5 nitrogen and oxygen atoms in total. The highest BCUT2D eigenvalue weighted by Gasteiger charge is 2.23. The molecule has 0 bridgehead atoms. The van der Waals surface area contributed by atoms with E-state index < -0.39 is 6.10 Å². The molecule has 2 atom stereocenters. The number of rotatable bonds is 8. The Kier molecular flexibility index (Phi) is 7.68. The van der Waals surface area contributed by atoms with Crippen LogP contribution in [0.3, 0.4) is 0 Å². The first kappa shape index (κ1) is 19.6. The predicted octanol–water partition coefficient (Wildman–Crippen LogP) is 1.80. The summed E-state index contributed by atoms with van der Waals surface area (Å²) < 4.78 is 5.53. The SMILES string of the molecule is C[C@@H](C(=O)NC(C)(C)C)N(C)C[C@@H](O)COCc1ccccc1. The highest BCUT2D eigenvalue weighted by atomic mass is 16.5. The van der Waals surface area contributed by atoms with Gasteiger partial charge >= 0.3 is 0 Å². The Morgan fingerprint density at radius 1 is 1.30 bits per heavy atom. The molecule has 0 saturated carbocycles. The topological polar surface area (TPSA) is 61.8 Å². The van der Waals surface area contributed by atoms with Crippen molar-refractivity contribution in [2.45, 2.75) is 52.0 Å². The third-order valence-electron chi connectivity index (χ3n) is 3.46. The van der Waals surface area contributed by atoms with E-state index in [1.54, 1.807) is 0 Å². The molecule has 0 saturated heterocycles. The van der Waals surface area contributed by atoms with Gasteiger partial charge in [-0.25, -0.2) is 0 Å². The average molecular weight is 322 g/mol. The Labute approximate surface area is 139 Å². The van der Waals surface area contributed by atoms with Crippen LogP contribution in [0.1, 0.15) is 33.3 Å². The van der Waals surface area contributed by atoms with Crippen molar-refractivity contribution in [2.75, 3.05) is 20.2 Å². The summed E-state index contributed by atoms with van der Waals surface area (Å²) in [4.78, 5) is 13.9. The molecule has 0 fully saturated rings. The maximum absolute atomic E-state index is 12.1. The lowest BCUT2D eigenvalue weighted by molar-refractivity contribution is -0.127. The summed E-state index contributed by atoms with van der Waals surface area (Å²) in [6, 6.07) is 9.53. The normalized spacial score (nSPS) is 14.6. The van der Waals surface area contributed by atoms with E-state index in [2.05, 4.69) is 5.32 Å². The zero-order valence-corrected chi connectivity index (χ0v) is 14.9. The lowest BCUT2D eigenvalue weighted by atomic mass is 10.1. The number of aliphatic hydroxyl groups is 1. The minimum Gasteiger partial charge on any atom is -0.389 e. The number of carbonyl (C=O) groups is 1. The number of carbonyl (C=O) groups excluding carboxylic acids is 1. The van der Waals surface area contributed by atoms with E-state index in [0.29, 0.717) is 13.2 Å². The van der Waals surface area contributed by atoms with Crippen LogP contribution in [-0.4, -0.2) is 53.8 Å². The van der Waals surface area contributed by atoms with E-state index in [1.807, 2.05) is 70.0 Å². The van der Waals surface area contributed by atoms with Gasteiger partial charge < -0.3 is 15.2 Å². The summed E-state index contributed by atoms with van der Waals surface area (Å²) in [5.41, 5.74) is 0.815. The molecule has 1 rings (SSSR count). The molecule has 1 aromatic rings. The van der Waals surface area contributed by atoms with Crippen molar-refractivity contribution < 1.29 is 14.6 Å². The van der Waals surface area contributed by atoms with Crippen molar-refractivity contribution >= 4 is 5.91 Å². The van der Waals surface area contributed by atoms with E-state index >= 15 is 0 Å². The Balaban J connectivity index is 2.32. The molecule has 2 N–H and O–H groups in total. The van der Waals surface area contributed by atoms with Crippen molar-refractivity contribution in [3.05, 3.63) is 35.9 Å². The zero-order chi connectivity index (χ0) is 17.5. The molecule has 5 heteroatoms. The number of benzene rings is 1. The van der Waals surface area contributed by atoms with Crippen molar-refractivity contribution in [3.63, 3.8) is 0 Å². The Morgan fingerprint density at radius 3 is 2.48 bits per heavy atom. The quantitative estimate of drug-likeness (QED) is 0.766. The van der Waals surface area contributed by atoms with E-state index in [-0.39, 0.29) is 24.1 Å². The summed E-state index contributed by atoms with van der Waals surface area (Å²) in [5.74, 6) is -0.0441. The van der Waals surface area contributed by atoms with Crippen molar-refractivity contribution in [1.29, 1.82) is 0 Å². The molecule has 0 aliphatic rings. The third-order valence-corrected chi connectivity index (χ3v) is 3.46. The minimum absolute atomic E-state index is 0.0441. The molecule has 0 aliphatic carbocycles. The fourth-order valence-electron chi connectivity index (χ4n) is 2.10. The van der Waals surface area contributed by atoms with Gasteiger partial charge in [-0.3, -0.25) is 9.69 Å². The van der Waals surface area contributed by atoms with Gasteiger partial charge in [-0.15, -0.1) is 0 Å². The monoisotopic (exact) mass is 322 g/mol. The van der Waals surface area contributed by atoms with E-state index in [0.717, 1.165) is 5.56 Å². The predicted molar refractivity (Wildman–Crippen MR) is 92.1 cm³/mol. The second kappa shape index (κ2) is 9.01. The lowest BCUT2D eigenvalue weighted by Crippen LogP contribution is -2.51. The number of ether oxygens (including phenoxy) is 1. The van der Waals surface area contributed by atoms with Crippen LogP contribution in [0.2, 0.25) is 0 Å². The summed E-state index contributed by atoms with van der Waals surface area (Å²) in [7, 11) is 1.83. The standard InChI is InChI=1S/C18H30N2O3/c1-14(17(22)19-18(2,3)4)20(5)11-16(21)13-23-12-15-9-7-6-8-10-15/h6-10,14,16,21H,11-13H2,1-5H3,(H,19,22)/t14-,16+/m0/s1. The van der Waals surface area contributed by atoms with E-state index in [1.165, 1.54) is 0 Å². The second-order valence-corrected chi connectivity index (χ2v) is 7.01. The molecular weight excluding hydrogens is 292 g/mol. The smallest absolute Gasteiger partial charge is 0.237 e. The Hall–Kier alpha value is -1.43. The van der Waals surface area contributed by atoms with Crippen LogP contribution < -0.4 is 5.32 Å². The number of amides is 1. The van der Waals surface area contributed by atoms with Crippen LogP contribution in [0.5, 0.6) is 0 Å². The fraction of sp³-hybridized carbons (Fsp3) is 0.611. The van der Waals surface area contributed by atoms with Gasteiger partial charge in [-0.05, 0) is 40.3 Å². The Morgan fingerprint density at radius 2 is 1.91 bits per heavy atom. The number of nitrogens with zero attached hydrogens (tertiary/aromatic N) is 1. The number of aliphatic hydroxyl groups excluding tert-OH is 1. The molecule has 1 aromatic carbocycles. The molecule has 0 aliphatic heterocycles. The first-order valence-electron chi connectivity index (χ1n) is 8.01. The largest absolute Gasteiger partial charge is 0.389 e. The van der Waals surface area contributed by atoms with Crippen LogP contribution in [0.4, 0.5) is 0 Å². The van der Waals surface area contributed by atoms with Crippen molar-refractivity contribution in [3.8, 4) is 0 Å². The molecule has 0 unspecified atom stereocenters. The molecule has 23 heavy (non-hydrogen) atoms. The van der Waals surface area contributed by atoms with Gasteiger partial charge in [0.15, 0.2) is 0 Å². The van der Waals surface area contributed by atoms with Crippen molar-refractivity contribution in [2.24, 2.45) is 0 Å². The van der Waals surface area contributed by atoms with Crippen LogP contribution in [0.25, 0.3) is 0 Å². The molecule has 0 heterocycles. The molecule has 0 radical (unpaired) electrons. The summed E-state index contributed by atoms with van der Waals surface area (Å²) in [5, 5.41) is 13.0. The highest BCUT2D eigenvalue weighted by molar-refractivity contribution is 5.81. The van der Waals surface area contributed by atoms with Gasteiger partial charge in [0.25, 0.3) is 0 Å². The fourth-order valence-corrected chi connectivity index (χ4v) is 2.10. The van der Waals surface area contributed by atoms with Gasteiger partial charge in [0.1, 0.15) is 0 Å². The number of hydrogen-bond acceptors (Lipinski definition) is 4. The van der Waals surface area contributed by atoms with Gasteiger partial charge in [-0.2, -0.15) is 0 Å². The maximum Gasteiger partial charge on any atom is 0.237 e. The van der Waals surface area contributed by atoms with Crippen LogP contribution in [0, 0.1) is 0 Å². The Bertz CT molecular complexity index is 471. The van der Waals surface area contributed by atoms with Crippen LogP contribution >= 0.6 is 0 Å².